The minimum absolute atomic E-state index is 0.0369. The number of β-amino-alcohol motifs (C(OH)–C–C–N with tert-alkyl or cyclic N) is 1. The van der Waals surface area contributed by atoms with Gasteiger partial charge in [-0.25, -0.2) is 9.97 Å². The number of amides is 1. The molecule has 28 heavy (non-hydrogen) atoms. The van der Waals surface area contributed by atoms with Gasteiger partial charge in [-0.15, -0.1) is 0 Å². The predicted molar refractivity (Wildman–Crippen MR) is 105 cm³/mol. The molecule has 0 aliphatic carbocycles. The largest absolute Gasteiger partial charge is 0.493 e. The molecule has 4 N–H and O–H groups in total. The maximum Gasteiger partial charge on any atom is 0.224 e. The van der Waals surface area contributed by atoms with Gasteiger partial charge in [-0.2, -0.15) is 0 Å². The molecular formula is C20H25N5O3. The van der Waals surface area contributed by atoms with E-state index in [1.165, 1.54) is 11.9 Å². The highest BCUT2D eigenvalue weighted by molar-refractivity contribution is 5.78. The number of anilines is 2. The number of carbonyl (C=O) groups is 1. The van der Waals surface area contributed by atoms with E-state index in [9.17, 15) is 9.90 Å². The van der Waals surface area contributed by atoms with E-state index in [2.05, 4.69) is 21.4 Å². The molecule has 0 unspecified atom stereocenters. The molecule has 0 spiro atoms. The van der Waals surface area contributed by atoms with Crippen molar-refractivity contribution in [2.45, 2.75) is 37.8 Å². The van der Waals surface area contributed by atoms with Gasteiger partial charge in [0.2, 0.25) is 5.91 Å². The quantitative estimate of drug-likeness (QED) is 0.696. The fraction of sp³-hybridized carbons (Fsp3) is 0.450. The Morgan fingerprint density at radius 2 is 2.25 bits per heavy atom. The van der Waals surface area contributed by atoms with Gasteiger partial charge in [0.1, 0.15) is 23.7 Å². The third-order valence-corrected chi connectivity index (χ3v) is 5.23. The van der Waals surface area contributed by atoms with Crippen LogP contribution in [-0.2, 0) is 17.6 Å². The zero-order chi connectivity index (χ0) is 19.5. The Kier molecular flexibility index (Phi) is 5.29. The normalized spacial score (nSPS) is 21.1. The summed E-state index contributed by atoms with van der Waals surface area (Å²) in [7, 11) is 0. The zero-order valence-electron chi connectivity index (χ0n) is 15.7. The lowest BCUT2D eigenvalue weighted by atomic mass is 10.0. The van der Waals surface area contributed by atoms with Crippen molar-refractivity contribution in [3.8, 4) is 5.75 Å². The molecule has 1 fully saturated rings. The van der Waals surface area contributed by atoms with Crippen molar-refractivity contribution in [1.82, 2.24) is 15.3 Å². The van der Waals surface area contributed by atoms with Gasteiger partial charge >= 0.3 is 0 Å². The first-order valence-electron chi connectivity index (χ1n) is 9.62. The summed E-state index contributed by atoms with van der Waals surface area (Å²) in [5, 5.41) is 13.1. The van der Waals surface area contributed by atoms with E-state index in [1.54, 1.807) is 6.07 Å². The van der Waals surface area contributed by atoms with Crippen LogP contribution in [0.2, 0.25) is 0 Å². The number of aliphatic hydroxyl groups is 1. The zero-order valence-corrected chi connectivity index (χ0v) is 15.7. The Balaban J connectivity index is 1.36. The number of aromatic nitrogens is 2. The first-order chi connectivity index (χ1) is 13.6. The number of aliphatic hydroxyl groups excluding tert-OH is 1. The number of hydrogen-bond donors (Lipinski definition) is 3. The van der Waals surface area contributed by atoms with Gasteiger partial charge in [0.25, 0.3) is 0 Å². The van der Waals surface area contributed by atoms with Crippen LogP contribution in [0.15, 0.2) is 30.6 Å². The lowest BCUT2D eigenvalue weighted by Crippen LogP contribution is -2.41. The van der Waals surface area contributed by atoms with E-state index in [-0.39, 0.29) is 11.9 Å². The van der Waals surface area contributed by atoms with Crippen LogP contribution in [0.1, 0.15) is 24.0 Å². The van der Waals surface area contributed by atoms with Crippen molar-refractivity contribution >= 4 is 17.5 Å². The van der Waals surface area contributed by atoms with Crippen molar-refractivity contribution in [2.24, 2.45) is 0 Å². The summed E-state index contributed by atoms with van der Waals surface area (Å²) < 4.78 is 5.62. The van der Waals surface area contributed by atoms with Gasteiger partial charge in [-0.3, -0.25) is 4.79 Å². The molecule has 0 radical (unpaired) electrons. The summed E-state index contributed by atoms with van der Waals surface area (Å²) in [5.74, 6) is 1.93. The van der Waals surface area contributed by atoms with Crippen molar-refractivity contribution in [3.63, 3.8) is 0 Å². The Morgan fingerprint density at radius 1 is 1.36 bits per heavy atom. The topological polar surface area (TPSA) is 114 Å². The summed E-state index contributed by atoms with van der Waals surface area (Å²) in [6, 6.07) is 7.60. The van der Waals surface area contributed by atoms with Crippen LogP contribution >= 0.6 is 0 Å². The van der Waals surface area contributed by atoms with E-state index < -0.39 is 6.10 Å². The average molecular weight is 383 g/mol. The Bertz CT molecular complexity index is 859. The van der Waals surface area contributed by atoms with Crippen molar-refractivity contribution < 1.29 is 14.6 Å². The standard InChI is InChI=1S/C20H25N5O3/c21-18-9-19(24-12-23-18)25-11-16(26)8-15(25)10-22-20(27)7-13-3-4-17-14(6-13)2-1-5-28-17/h3-4,6,9,12,15-16,26H,1-2,5,7-8,10-11H2,(H,22,27)(H2,21,23,24)/t15-,16-/m1/s1. The molecule has 1 amide bonds. The molecule has 0 saturated carbocycles. The maximum atomic E-state index is 12.4. The molecule has 0 bridgehead atoms. The Labute approximate surface area is 163 Å². The van der Waals surface area contributed by atoms with Gasteiger partial charge in [0.15, 0.2) is 0 Å². The summed E-state index contributed by atoms with van der Waals surface area (Å²) in [6.45, 7) is 1.66. The molecule has 8 nitrogen and oxygen atoms in total. The van der Waals surface area contributed by atoms with E-state index in [0.29, 0.717) is 37.6 Å². The second-order valence-corrected chi connectivity index (χ2v) is 7.37. The molecule has 3 heterocycles. The van der Waals surface area contributed by atoms with E-state index in [0.717, 1.165) is 30.8 Å². The molecule has 2 aliphatic rings. The second-order valence-electron chi connectivity index (χ2n) is 7.37. The second kappa shape index (κ2) is 8.02. The summed E-state index contributed by atoms with van der Waals surface area (Å²) >= 11 is 0. The lowest BCUT2D eigenvalue weighted by Gasteiger charge is -2.25. The smallest absolute Gasteiger partial charge is 0.224 e. The van der Waals surface area contributed by atoms with Crippen LogP contribution in [-0.4, -0.2) is 52.8 Å². The van der Waals surface area contributed by atoms with E-state index in [4.69, 9.17) is 10.5 Å². The van der Waals surface area contributed by atoms with Crippen LogP contribution in [0.5, 0.6) is 5.75 Å². The predicted octanol–water partition coefficient (Wildman–Crippen LogP) is 0.682. The van der Waals surface area contributed by atoms with E-state index >= 15 is 0 Å². The molecule has 4 rings (SSSR count). The molecule has 2 aromatic rings. The van der Waals surface area contributed by atoms with Gasteiger partial charge in [-0.05, 0) is 36.5 Å². The van der Waals surface area contributed by atoms with Crippen LogP contribution in [0.25, 0.3) is 0 Å². The monoisotopic (exact) mass is 383 g/mol. The number of benzene rings is 1. The molecule has 1 aromatic heterocycles. The number of aryl methyl sites for hydroxylation is 1. The summed E-state index contributed by atoms with van der Waals surface area (Å²) in [4.78, 5) is 22.6. The molecule has 1 aromatic carbocycles. The minimum Gasteiger partial charge on any atom is -0.493 e. The molecule has 2 aliphatic heterocycles. The van der Waals surface area contributed by atoms with Gasteiger partial charge in [0.05, 0.1) is 25.2 Å². The molecule has 8 heteroatoms. The number of nitrogens with one attached hydrogen (secondary N) is 1. The number of rotatable bonds is 5. The fourth-order valence-corrected chi connectivity index (χ4v) is 3.89. The first kappa shape index (κ1) is 18.5. The number of nitrogens with two attached hydrogens (primary N) is 1. The Morgan fingerprint density at radius 3 is 3.11 bits per heavy atom. The number of carbonyl (C=O) groups excluding carboxylic acids is 1. The number of fused-ring (bicyclic) bond motifs is 1. The highest BCUT2D eigenvalue weighted by Crippen LogP contribution is 2.26. The third kappa shape index (κ3) is 4.17. The summed E-state index contributed by atoms with van der Waals surface area (Å²) in [5.41, 5.74) is 7.89. The van der Waals surface area contributed by atoms with Crippen LogP contribution < -0.4 is 20.7 Å². The van der Waals surface area contributed by atoms with Crippen LogP contribution in [0, 0.1) is 0 Å². The number of nitrogens with zero attached hydrogens (tertiary/aromatic N) is 3. The maximum absolute atomic E-state index is 12.4. The first-order valence-corrected chi connectivity index (χ1v) is 9.62. The van der Waals surface area contributed by atoms with Gasteiger partial charge < -0.3 is 25.8 Å². The third-order valence-electron chi connectivity index (χ3n) is 5.23. The van der Waals surface area contributed by atoms with Crippen molar-refractivity contribution in [2.75, 3.05) is 30.3 Å². The average Bonchev–Trinajstić information content (AvgIpc) is 3.07. The fourth-order valence-electron chi connectivity index (χ4n) is 3.89. The SMILES string of the molecule is Nc1cc(N2C[C@H](O)C[C@@H]2CNC(=O)Cc2ccc3c(c2)CCCO3)ncn1. The van der Waals surface area contributed by atoms with Crippen molar-refractivity contribution in [1.29, 1.82) is 0 Å². The number of ether oxygens (including phenoxy) is 1. The highest BCUT2D eigenvalue weighted by atomic mass is 16.5. The van der Waals surface area contributed by atoms with Crippen molar-refractivity contribution in [3.05, 3.63) is 41.7 Å². The summed E-state index contributed by atoms with van der Waals surface area (Å²) in [6.07, 6.45) is 3.84. The minimum atomic E-state index is -0.460. The number of hydrogen-bond acceptors (Lipinski definition) is 7. The Hall–Kier alpha value is -2.87. The molecular weight excluding hydrogens is 358 g/mol. The highest BCUT2D eigenvalue weighted by Gasteiger charge is 2.32. The van der Waals surface area contributed by atoms with Crippen LogP contribution in [0.3, 0.4) is 0 Å². The molecule has 148 valence electrons. The van der Waals surface area contributed by atoms with Gasteiger partial charge in [0, 0.05) is 19.2 Å². The lowest BCUT2D eigenvalue weighted by molar-refractivity contribution is -0.120. The van der Waals surface area contributed by atoms with Crippen LogP contribution in [0.4, 0.5) is 11.6 Å². The van der Waals surface area contributed by atoms with E-state index in [1.807, 2.05) is 17.0 Å². The molecule has 1 saturated heterocycles. The van der Waals surface area contributed by atoms with Gasteiger partial charge in [-0.1, -0.05) is 12.1 Å². The molecule has 2 atom stereocenters. The number of nitrogen functional groups attached to an aromatic ring is 1.